The van der Waals surface area contributed by atoms with Gasteiger partial charge in [-0.05, 0) is 51.0 Å². The van der Waals surface area contributed by atoms with Crippen LogP contribution < -0.4 is 5.32 Å². The molecule has 1 atom stereocenters. The number of rotatable bonds is 3. The van der Waals surface area contributed by atoms with E-state index in [1.807, 2.05) is 0 Å². The Kier molecular flexibility index (Phi) is 7.23. The van der Waals surface area contributed by atoms with Crippen molar-refractivity contribution in [2.24, 2.45) is 0 Å². The van der Waals surface area contributed by atoms with Gasteiger partial charge in [-0.3, -0.25) is 4.90 Å². The van der Waals surface area contributed by atoms with E-state index in [4.69, 9.17) is 0 Å². The molecule has 1 aromatic carbocycles. The molecule has 1 unspecified atom stereocenters. The second-order valence-electron chi connectivity index (χ2n) is 4.84. The summed E-state index contributed by atoms with van der Waals surface area (Å²) in [6.07, 6.45) is 3.87. The quantitative estimate of drug-likeness (QED) is 0.911. The normalized spacial score (nSPS) is 20.3. The van der Waals surface area contributed by atoms with Gasteiger partial charge in [-0.2, -0.15) is 0 Å². The van der Waals surface area contributed by atoms with Crippen molar-refractivity contribution in [1.82, 2.24) is 10.2 Å². The zero-order valence-electron chi connectivity index (χ0n) is 10.9. The highest BCUT2D eigenvalue weighted by Crippen LogP contribution is 2.20. The molecule has 1 saturated heterocycles. The molecule has 4 heteroatoms. The van der Waals surface area contributed by atoms with E-state index in [0.717, 1.165) is 19.1 Å². The predicted molar refractivity (Wildman–Crippen MR) is 83.4 cm³/mol. The summed E-state index contributed by atoms with van der Waals surface area (Å²) in [7, 11) is 2.25. The van der Waals surface area contributed by atoms with Crippen molar-refractivity contribution in [3.8, 4) is 0 Å². The van der Waals surface area contributed by atoms with Gasteiger partial charge in [-0.1, -0.05) is 34.1 Å². The summed E-state index contributed by atoms with van der Waals surface area (Å²) < 4.78 is 1.22. The first-order valence-corrected chi connectivity index (χ1v) is 7.21. The lowest BCUT2D eigenvalue weighted by atomic mass is 10.1. The van der Waals surface area contributed by atoms with Gasteiger partial charge in [-0.25, -0.2) is 0 Å². The number of nitrogens with zero attached hydrogens (tertiary/aromatic N) is 1. The molecule has 1 fully saturated rings. The SMILES string of the molecule is CN(Cc1ccccc1Br)C1CCCNCC1.Cl. The fraction of sp³-hybridized carbons (Fsp3) is 0.571. The van der Waals surface area contributed by atoms with Crippen LogP contribution in [0.15, 0.2) is 28.7 Å². The molecule has 1 aliphatic heterocycles. The first-order chi connectivity index (χ1) is 8.27. The molecule has 0 amide bonds. The molecule has 1 heterocycles. The Morgan fingerprint density at radius 3 is 2.83 bits per heavy atom. The van der Waals surface area contributed by atoms with E-state index >= 15 is 0 Å². The zero-order chi connectivity index (χ0) is 12.1. The topological polar surface area (TPSA) is 15.3 Å². The minimum absolute atomic E-state index is 0. The Morgan fingerprint density at radius 1 is 1.28 bits per heavy atom. The van der Waals surface area contributed by atoms with Gasteiger partial charge in [0, 0.05) is 17.1 Å². The third kappa shape index (κ3) is 4.54. The van der Waals surface area contributed by atoms with Gasteiger partial charge in [0.15, 0.2) is 0 Å². The molecule has 2 rings (SSSR count). The molecule has 0 radical (unpaired) electrons. The van der Waals surface area contributed by atoms with Crippen molar-refractivity contribution >= 4 is 28.3 Å². The second kappa shape index (κ2) is 8.16. The lowest BCUT2D eigenvalue weighted by molar-refractivity contribution is 0.216. The summed E-state index contributed by atoms with van der Waals surface area (Å²) in [5.74, 6) is 0. The van der Waals surface area contributed by atoms with Crippen molar-refractivity contribution in [1.29, 1.82) is 0 Å². The van der Waals surface area contributed by atoms with Gasteiger partial charge < -0.3 is 5.32 Å². The van der Waals surface area contributed by atoms with Crippen molar-refractivity contribution in [2.75, 3.05) is 20.1 Å². The van der Waals surface area contributed by atoms with Crippen molar-refractivity contribution in [3.63, 3.8) is 0 Å². The molecular formula is C14H22BrClN2. The maximum absolute atomic E-state index is 3.63. The Hall–Kier alpha value is -0.0900. The Bertz CT molecular complexity index is 351. The number of benzene rings is 1. The average Bonchev–Trinajstić information content (AvgIpc) is 2.61. The highest BCUT2D eigenvalue weighted by Gasteiger charge is 2.17. The third-order valence-electron chi connectivity index (χ3n) is 3.55. The van der Waals surface area contributed by atoms with Crippen molar-refractivity contribution in [3.05, 3.63) is 34.3 Å². The maximum Gasteiger partial charge on any atom is 0.0244 e. The van der Waals surface area contributed by atoms with Crippen molar-refractivity contribution in [2.45, 2.75) is 31.8 Å². The minimum Gasteiger partial charge on any atom is -0.317 e. The molecule has 102 valence electrons. The van der Waals surface area contributed by atoms with E-state index in [1.165, 1.54) is 35.8 Å². The monoisotopic (exact) mass is 332 g/mol. The highest BCUT2D eigenvalue weighted by molar-refractivity contribution is 9.10. The van der Waals surface area contributed by atoms with E-state index in [9.17, 15) is 0 Å². The molecule has 1 aliphatic rings. The molecular weight excluding hydrogens is 312 g/mol. The molecule has 0 bridgehead atoms. The summed E-state index contributed by atoms with van der Waals surface area (Å²) in [4.78, 5) is 2.49. The maximum atomic E-state index is 3.63. The first kappa shape index (κ1) is 16.0. The van der Waals surface area contributed by atoms with E-state index in [1.54, 1.807) is 0 Å². The number of halogens is 2. The third-order valence-corrected chi connectivity index (χ3v) is 4.32. The van der Waals surface area contributed by atoms with E-state index in [0.29, 0.717) is 0 Å². The smallest absolute Gasteiger partial charge is 0.0244 e. The molecule has 1 N–H and O–H groups in total. The standard InChI is InChI=1S/C14H21BrN2.ClH/c1-17(13-6-4-9-16-10-8-13)11-12-5-2-3-7-14(12)15;/h2-3,5,7,13,16H,4,6,8-11H2,1H3;1H. The molecule has 0 aliphatic carbocycles. The Morgan fingerprint density at radius 2 is 2.06 bits per heavy atom. The molecule has 1 aromatic rings. The van der Waals surface area contributed by atoms with Gasteiger partial charge >= 0.3 is 0 Å². The van der Waals surface area contributed by atoms with Crippen LogP contribution in [0.25, 0.3) is 0 Å². The number of nitrogens with one attached hydrogen (secondary N) is 1. The summed E-state index contributed by atoms with van der Waals surface area (Å²) in [6, 6.07) is 9.23. The van der Waals surface area contributed by atoms with Crippen LogP contribution in [0.2, 0.25) is 0 Å². The minimum atomic E-state index is 0. The summed E-state index contributed by atoms with van der Waals surface area (Å²) in [5, 5.41) is 3.47. The summed E-state index contributed by atoms with van der Waals surface area (Å²) in [6.45, 7) is 3.37. The van der Waals surface area contributed by atoms with Crippen LogP contribution in [0.3, 0.4) is 0 Å². The lowest BCUT2D eigenvalue weighted by Gasteiger charge is -2.27. The van der Waals surface area contributed by atoms with Crippen LogP contribution in [-0.4, -0.2) is 31.1 Å². The van der Waals surface area contributed by atoms with Crippen LogP contribution in [-0.2, 0) is 6.54 Å². The van der Waals surface area contributed by atoms with E-state index in [2.05, 4.69) is 57.5 Å². The molecule has 18 heavy (non-hydrogen) atoms. The number of hydrogen-bond acceptors (Lipinski definition) is 2. The van der Waals surface area contributed by atoms with Crippen molar-refractivity contribution < 1.29 is 0 Å². The fourth-order valence-electron chi connectivity index (χ4n) is 2.47. The van der Waals surface area contributed by atoms with Gasteiger partial charge in [-0.15, -0.1) is 12.4 Å². The van der Waals surface area contributed by atoms with Crippen LogP contribution in [0.4, 0.5) is 0 Å². The van der Waals surface area contributed by atoms with Crippen LogP contribution >= 0.6 is 28.3 Å². The van der Waals surface area contributed by atoms with Crippen LogP contribution in [0, 0.1) is 0 Å². The highest BCUT2D eigenvalue weighted by atomic mass is 79.9. The molecule has 0 saturated carbocycles. The van der Waals surface area contributed by atoms with Crippen LogP contribution in [0.1, 0.15) is 24.8 Å². The predicted octanol–water partition coefficient (Wildman–Crippen LogP) is 3.44. The second-order valence-corrected chi connectivity index (χ2v) is 5.70. The van der Waals surface area contributed by atoms with Gasteiger partial charge in [0.05, 0.1) is 0 Å². The number of hydrogen-bond donors (Lipinski definition) is 1. The largest absolute Gasteiger partial charge is 0.317 e. The first-order valence-electron chi connectivity index (χ1n) is 6.42. The summed E-state index contributed by atoms with van der Waals surface area (Å²) in [5.41, 5.74) is 1.38. The fourth-order valence-corrected chi connectivity index (χ4v) is 2.88. The lowest BCUT2D eigenvalue weighted by Crippen LogP contribution is -2.32. The van der Waals surface area contributed by atoms with E-state index < -0.39 is 0 Å². The van der Waals surface area contributed by atoms with E-state index in [-0.39, 0.29) is 12.4 Å². The molecule has 2 nitrogen and oxygen atoms in total. The Balaban J connectivity index is 0.00000162. The average molecular weight is 334 g/mol. The van der Waals surface area contributed by atoms with Crippen LogP contribution in [0.5, 0.6) is 0 Å². The van der Waals surface area contributed by atoms with Gasteiger partial charge in [0.1, 0.15) is 0 Å². The van der Waals surface area contributed by atoms with Gasteiger partial charge in [0.25, 0.3) is 0 Å². The molecule has 0 spiro atoms. The summed E-state index contributed by atoms with van der Waals surface area (Å²) >= 11 is 3.63. The molecule has 0 aromatic heterocycles. The van der Waals surface area contributed by atoms with Gasteiger partial charge in [0.2, 0.25) is 0 Å². The zero-order valence-corrected chi connectivity index (χ0v) is 13.3. The Labute approximate surface area is 125 Å².